The number of alkyl halides is 3. The maximum absolute atomic E-state index is 13.9. The first-order valence-corrected chi connectivity index (χ1v) is 13.4. The van der Waals surface area contributed by atoms with Gasteiger partial charge in [0, 0.05) is 26.2 Å². The number of hydrogen-bond acceptors (Lipinski definition) is 8. The molecule has 1 aromatic carbocycles. The molecule has 4 heterocycles. The number of piperazine rings is 1. The minimum Gasteiger partial charge on any atom is -0.417 e. The first-order valence-electron chi connectivity index (χ1n) is 13.4. The average Bonchev–Trinajstić information content (AvgIpc) is 3.42. The number of anilines is 4. The first kappa shape index (κ1) is 29.1. The van der Waals surface area contributed by atoms with Crippen LogP contribution in [0.4, 0.5) is 45.6 Å². The maximum Gasteiger partial charge on any atom is 0.437 e. The van der Waals surface area contributed by atoms with E-state index in [1.807, 2.05) is 6.92 Å². The molecule has 4 N–H and O–H groups in total. The number of oxazole rings is 1. The molecule has 11 nitrogen and oxygen atoms in total. The Morgan fingerprint density at radius 2 is 1.86 bits per heavy atom. The number of para-hydroxylation sites is 1. The fourth-order valence-electron chi connectivity index (χ4n) is 5.01. The molecule has 3 aromatic rings. The highest BCUT2D eigenvalue weighted by molar-refractivity contribution is 6.03. The number of amides is 3. The molecule has 0 spiro atoms. The number of carbonyl (C=O) groups is 2. The molecule has 224 valence electrons. The van der Waals surface area contributed by atoms with Crippen molar-refractivity contribution < 1.29 is 31.6 Å². The van der Waals surface area contributed by atoms with Crippen LogP contribution in [0.25, 0.3) is 0 Å². The van der Waals surface area contributed by atoms with Gasteiger partial charge in [0.2, 0.25) is 5.76 Å². The van der Waals surface area contributed by atoms with E-state index in [4.69, 9.17) is 10.2 Å². The highest BCUT2D eigenvalue weighted by Gasteiger charge is 2.42. The molecular weight excluding hydrogens is 560 g/mol. The Bertz CT molecular complexity index is 1430. The second-order valence-electron chi connectivity index (χ2n) is 10.3. The second-order valence-corrected chi connectivity index (χ2v) is 10.3. The molecule has 2 atom stereocenters. The number of piperidine rings is 1. The Kier molecular flexibility index (Phi) is 8.20. The van der Waals surface area contributed by atoms with Crippen LogP contribution < -0.4 is 26.2 Å². The number of rotatable bonds is 5. The van der Waals surface area contributed by atoms with Crippen LogP contribution >= 0.6 is 0 Å². The zero-order valence-corrected chi connectivity index (χ0v) is 22.7. The number of benzene rings is 1. The van der Waals surface area contributed by atoms with Crippen molar-refractivity contribution in [3.8, 4) is 0 Å². The third-order valence-electron chi connectivity index (χ3n) is 7.14. The van der Waals surface area contributed by atoms with E-state index in [0.717, 1.165) is 12.8 Å². The van der Waals surface area contributed by atoms with Crippen molar-refractivity contribution in [2.24, 2.45) is 11.7 Å². The molecule has 2 aliphatic rings. The molecule has 2 saturated heterocycles. The monoisotopic (exact) mass is 590 g/mol. The van der Waals surface area contributed by atoms with Crippen molar-refractivity contribution in [2.75, 3.05) is 53.2 Å². The summed E-state index contributed by atoms with van der Waals surface area (Å²) in [5.74, 6) is -1.89. The van der Waals surface area contributed by atoms with Gasteiger partial charge in [-0.1, -0.05) is 19.1 Å². The Morgan fingerprint density at radius 1 is 1.07 bits per heavy atom. The van der Waals surface area contributed by atoms with Crippen LogP contribution in [0.5, 0.6) is 0 Å². The van der Waals surface area contributed by atoms with Crippen molar-refractivity contribution in [1.29, 1.82) is 0 Å². The standard InChI is InChI=1S/C27H30F4N8O3/c1-16-5-4-10-38(14-16)26-36-23(27(29,30)31)22(42-26)24(40)34-17-8-9-21(33-13-17)39-12-11-37(15-20(39)32)25(41)35-19-7-3-2-6-18(19)28/h2-3,6-9,13,16,20H,4-5,10-12,14-15,32H2,1H3,(H,34,40)(H,35,41)/t16?,20-/m0/s1. The van der Waals surface area contributed by atoms with Crippen molar-refractivity contribution >= 4 is 35.1 Å². The van der Waals surface area contributed by atoms with Crippen molar-refractivity contribution in [3.05, 3.63) is 59.9 Å². The summed E-state index contributed by atoms with van der Waals surface area (Å²) in [6.45, 7) is 3.68. The van der Waals surface area contributed by atoms with Gasteiger partial charge in [-0.25, -0.2) is 14.2 Å². The maximum atomic E-state index is 13.9. The molecule has 2 aliphatic heterocycles. The van der Waals surface area contributed by atoms with E-state index in [1.165, 1.54) is 35.4 Å². The summed E-state index contributed by atoms with van der Waals surface area (Å²) >= 11 is 0. The number of nitrogens with one attached hydrogen (secondary N) is 2. The Labute approximate surface area is 238 Å². The Morgan fingerprint density at radius 3 is 2.52 bits per heavy atom. The summed E-state index contributed by atoms with van der Waals surface area (Å²) in [4.78, 5) is 38.2. The van der Waals surface area contributed by atoms with E-state index in [0.29, 0.717) is 25.5 Å². The van der Waals surface area contributed by atoms with Gasteiger partial charge in [0.1, 0.15) is 11.6 Å². The first-order chi connectivity index (χ1) is 20.0. The lowest BCUT2D eigenvalue weighted by atomic mass is 10.0. The lowest BCUT2D eigenvalue weighted by Crippen LogP contribution is -2.59. The molecule has 42 heavy (non-hydrogen) atoms. The van der Waals surface area contributed by atoms with Crippen LogP contribution in [0, 0.1) is 11.7 Å². The van der Waals surface area contributed by atoms with Gasteiger partial charge >= 0.3 is 12.2 Å². The molecule has 0 radical (unpaired) electrons. The number of halogens is 4. The van der Waals surface area contributed by atoms with E-state index in [2.05, 4.69) is 20.6 Å². The molecule has 2 aromatic heterocycles. The predicted octanol–water partition coefficient (Wildman–Crippen LogP) is 4.36. The summed E-state index contributed by atoms with van der Waals surface area (Å²) in [7, 11) is 0. The zero-order chi connectivity index (χ0) is 30.0. The summed E-state index contributed by atoms with van der Waals surface area (Å²) in [5.41, 5.74) is 5.08. The number of carbonyl (C=O) groups excluding carboxylic acids is 2. The molecular formula is C27H30F4N8O3. The SMILES string of the molecule is CC1CCCN(c2nc(C(F)(F)F)c(C(=O)Nc3ccc(N4CCN(C(=O)Nc5ccccc5F)C[C@H]4N)nc3)o2)C1. The summed E-state index contributed by atoms with van der Waals surface area (Å²) in [6.07, 6.45) is -2.51. The van der Waals surface area contributed by atoms with Crippen LogP contribution in [0.1, 0.15) is 36.0 Å². The van der Waals surface area contributed by atoms with Crippen molar-refractivity contribution in [2.45, 2.75) is 32.1 Å². The summed E-state index contributed by atoms with van der Waals surface area (Å²) in [5, 5.41) is 4.92. The topological polar surface area (TPSA) is 133 Å². The molecule has 15 heteroatoms. The second kappa shape index (κ2) is 11.8. The van der Waals surface area contributed by atoms with Gasteiger partial charge < -0.3 is 35.5 Å². The van der Waals surface area contributed by atoms with Gasteiger partial charge in [-0.05, 0) is 43.0 Å². The Balaban J connectivity index is 1.22. The van der Waals surface area contributed by atoms with Crippen LogP contribution in [0.2, 0.25) is 0 Å². The number of hydrogen-bond donors (Lipinski definition) is 3. The smallest absolute Gasteiger partial charge is 0.417 e. The minimum absolute atomic E-state index is 0.0582. The van der Waals surface area contributed by atoms with Crippen LogP contribution in [-0.2, 0) is 6.18 Å². The molecule has 5 rings (SSSR count). The molecule has 0 saturated carbocycles. The van der Waals surface area contributed by atoms with Crippen molar-refractivity contribution in [3.63, 3.8) is 0 Å². The van der Waals surface area contributed by atoms with Gasteiger partial charge in [-0.15, -0.1) is 0 Å². The van der Waals surface area contributed by atoms with E-state index in [9.17, 15) is 27.2 Å². The third-order valence-corrected chi connectivity index (χ3v) is 7.14. The Hall–Kier alpha value is -4.40. The number of nitrogens with zero attached hydrogens (tertiary/aromatic N) is 5. The highest BCUT2D eigenvalue weighted by Crippen LogP contribution is 2.35. The van der Waals surface area contributed by atoms with Crippen molar-refractivity contribution in [1.82, 2.24) is 14.9 Å². The predicted molar refractivity (Wildman–Crippen MR) is 147 cm³/mol. The lowest BCUT2D eigenvalue weighted by Gasteiger charge is -2.40. The fraction of sp³-hybridized carbons (Fsp3) is 0.407. The average molecular weight is 591 g/mol. The number of aromatic nitrogens is 2. The van der Waals surface area contributed by atoms with Crippen LogP contribution in [-0.4, -0.2) is 65.7 Å². The highest BCUT2D eigenvalue weighted by atomic mass is 19.4. The minimum atomic E-state index is -4.89. The molecule has 1 unspecified atom stereocenters. The number of pyridine rings is 1. The van der Waals surface area contributed by atoms with Gasteiger partial charge in [-0.2, -0.15) is 18.2 Å². The zero-order valence-electron chi connectivity index (χ0n) is 22.7. The summed E-state index contributed by atoms with van der Waals surface area (Å²) < 4.78 is 60.4. The van der Waals surface area contributed by atoms with E-state index >= 15 is 0 Å². The molecule has 0 bridgehead atoms. The van der Waals surface area contributed by atoms with E-state index < -0.39 is 41.6 Å². The number of urea groups is 1. The van der Waals surface area contributed by atoms with Crippen LogP contribution in [0.3, 0.4) is 0 Å². The largest absolute Gasteiger partial charge is 0.437 e. The fourth-order valence-corrected chi connectivity index (χ4v) is 5.01. The molecule has 2 fully saturated rings. The quantitative estimate of drug-likeness (QED) is 0.374. The van der Waals surface area contributed by atoms with Gasteiger partial charge in [0.05, 0.1) is 30.3 Å². The van der Waals surface area contributed by atoms with Gasteiger partial charge in [0.25, 0.3) is 11.9 Å². The van der Waals surface area contributed by atoms with Gasteiger partial charge in [-0.3, -0.25) is 4.79 Å². The normalized spacial score (nSPS) is 19.5. The molecule has 0 aliphatic carbocycles. The van der Waals surface area contributed by atoms with E-state index in [-0.39, 0.29) is 36.4 Å². The lowest BCUT2D eigenvalue weighted by molar-refractivity contribution is -0.141. The molecule has 3 amide bonds. The van der Waals surface area contributed by atoms with Crippen LogP contribution in [0.15, 0.2) is 47.0 Å². The number of nitrogens with two attached hydrogens (primary N) is 1. The summed E-state index contributed by atoms with van der Waals surface area (Å²) in [6, 6.07) is 8.11. The van der Waals surface area contributed by atoms with E-state index in [1.54, 1.807) is 21.9 Å². The van der Waals surface area contributed by atoms with Gasteiger partial charge in [0.15, 0.2) is 5.69 Å². The third kappa shape index (κ3) is 6.40.